The van der Waals surface area contributed by atoms with E-state index in [4.69, 9.17) is 4.74 Å². The number of rotatable bonds is 7. The maximum Gasteiger partial charge on any atom is 0.339 e. The number of halogens is 1. The number of carbonyl (C=O) groups excluding carboxylic acids is 2. The van der Waals surface area contributed by atoms with Crippen molar-refractivity contribution in [1.82, 2.24) is 4.72 Å². The van der Waals surface area contributed by atoms with E-state index in [1.165, 1.54) is 18.2 Å². The summed E-state index contributed by atoms with van der Waals surface area (Å²) in [4.78, 5) is 24.6. The lowest BCUT2D eigenvalue weighted by molar-refractivity contribution is -0.119. The maximum absolute atomic E-state index is 12.4. The lowest BCUT2D eigenvalue weighted by Crippen LogP contribution is -2.26. The van der Waals surface area contributed by atoms with Crippen LogP contribution in [0.3, 0.4) is 0 Å². The first-order chi connectivity index (χ1) is 13.7. The van der Waals surface area contributed by atoms with Crippen molar-refractivity contribution >= 4 is 43.5 Å². The average molecular weight is 481 g/mol. The Kier molecular flexibility index (Phi) is 6.40. The summed E-state index contributed by atoms with van der Waals surface area (Å²) in [5, 5.41) is 2.73. The van der Waals surface area contributed by atoms with E-state index in [-0.39, 0.29) is 16.5 Å². The number of hydrogen-bond acceptors (Lipinski definition) is 5. The highest BCUT2D eigenvalue weighted by molar-refractivity contribution is 9.10. The molecule has 9 heteroatoms. The van der Waals surface area contributed by atoms with Crippen LogP contribution < -0.4 is 10.0 Å². The van der Waals surface area contributed by atoms with Gasteiger partial charge in [0.25, 0.3) is 5.91 Å². The maximum atomic E-state index is 12.4. The molecule has 3 rings (SSSR count). The van der Waals surface area contributed by atoms with Gasteiger partial charge in [-0.2, -0.15) is 0 Å². The van der Waals surface area contributed by atoms with Gasteiger partial charge in [-0.1, -0.05) is 18.2 Å². The largest absolute Gasteiger partial charge is 0.452 e. The van der Waals surface area contributed by atoms with Crippen molar-refractivity contribution in [3.05, 3.63) is 57.6 Å². The molecule has 0 aromatic heterocycles. The zero-order valence-corrected chi connectivity index (χ0v) is 18.4. The molecule has 0 saturated heterocycles. The summed E-state index contributed by atoms with van der Waals surface area (Å²) < 4.78 is 32.7. The Labute approximate surface area is 178 Å². The minimum Gasteiger partial charge on any atom is -0.452 e. The van der Waals surface area contributed by atoms with Gasteiger partial charge in [-0.25, -0.2) is 17.9 Å². The number of para-hydroxylation sites is 1. The second kappa shape index (κ2) is 8.64. The van der Waals surface area contributed by atoms with E-state index >= 15 is 0 Å². The molecule has 29 heavy (non-hydrogen) atoms. The van der Waals surface area contributed by atoms with Crippen LogP contribution in [0.15, 0.2) is 45.8 Å². The molecular formula is C20H21BrN2O5S. The van der Waals surface area contributed by atoms with Gasteiger partial charge in [0.1, 0.15) is 0 Å². The molecule has 0 radical (unpaired) electrons. The van der Waals surface area contributed by atoms with Crippen LogP contribution >= 0.6 is 15.9 Å². The predicted molar refractivity (Wildman–Crippen MR) is 112 cm³/mol. The molecule has 0 unspecified atom stereocenters. The van der Waals surface area contributed by atoms with Gasteiger partial charge < -0.3 is 10.1 Å². The molecule has 1 amide bonds. The molecule has 0 heterocycles. The minimum atomic E-state index is -3.71. The second-order valence-electron chi connectivity index (χ2n) is 6.93. The zero-order valence-electron chi connectivity index (χ0n) is 16.0. The van der Waals surface area contributed by atoms with Gasteiger partial charge in [-0.15, -0.1) is 0 Å². The van der Waals surface area contributed by atoms with Crippen LogP contribution in [-0.4, -0.2) is 32.9 Å². The molecule has 1 aliphatic rings. The highest BCUT2D eigenvalue weighted by Gasteiger charge is 2.29. The van der Waals surface area contributed by atoms with E-state index in [0.29, 0.717) is 10.2 Å². The van der Waals surface area contributed by atoms with E-state index in [0.717, 1.165) is 24.0 Å². The number of aryl methyl sites for hydroxylation is 2. The van der Waals surface area contributed by atoms with Crippen molar-refractivity contribution in [2.45, 2.75) is 37.6 Å². The molecule has 0 atom stereocenters. The zero-order chi connectivity index (χ0) is 21.2. The van der Waals surface area contributed by atoms with Crippen LogP contribution in [0, 0.1) is 13.8 Å². The lowest BCUT2D eigenvalue weighted by Gasteiger charge is -2.12. The Hall–Kier alpha value is -2.23. The standard InChI is InChI=1S/C20H21BrN2O5S/c1-12-4-3-5-13(2)19(12)22-18(24)11-28-20(25)16-10-15(8-9-17(16)21)29(26,27)23-14-6-7-14/h3-5,8-10,14,23H,6-7,11H2,1-2H3,(H,22,24). The van der Waals surface area contributed by atoms with E-state index in [1.807, 2.05) is 32.0 Å². The van der Waals surface area contributed by atoms with Crippen molar-refractivity contribution in [1.29, 1.82) is 0 Å². The smallest absolute Gasteiger partial charge is 0.339 e. The summed E-state index contributed by atoms with van der Waals surface area (Å²) in [7, 11) is -3.71. The summed E-state index contributed by atoms with van der Waals surface area (Å²) in [6, 6.07) is 9.68. The predicted octanol–water partition coefficient (Wildman–Crippen LogP) is 3.30. The Morgan fingerprint density at radius 1 is 1.14 bits per heavy atom. The third kappa shape index (κ3) is 5.43. The molecule has 7 nitrogen and oxygen atoms in total. The molecule has 1 saturated carbocycles. The number of carbonyl (C=O) groups is 2. The highest BCUT2D eigenvalue weighted by Crippen LogP contribution is 2.25. The van der Waals surface area contributed by atoms with Gasteiger partial charge in [-0.05, 0) is 71.9 Å². The summed E-state index contributed by atoms with van der Waals surface area (Å²) >= 11 is 3.22. The Bertz CT molecular complexity index is 1040. The molecule has 0 spiro atoms. The number of anilines is 1. The molecule has 154 valence electrons. The number of amides is 1. The topological polar surface area (TPSA) is 102 Å². The summed E-state index contributed by atoms with van der Waals surface area (Å²) in [6.45, 7) is 3.25. The molecule has 1 aliphatic carbocycles. The van der Waals surface area contributed by atoms with Crippen LogP contribution in [0.25, 0.3) is 0 Å². The quantitative estimate of drug-likeness (QED) is 0.591. The van der Waals surface area contributed by atoms with Crippen molar-refractivity contribution in [3.63, 3.8) is 0 Å². The number of nitrogens with one attached hydrogen (secondary N) is 2. The second-order valence-corrected chi connectivity index (χ2v) is 9.50. The van der Waals surface area contributed by atoms with Crippen LogP contribution in [0.1, 0.15) is 34.3 Å². The van der Waals surface area contributed by atoms with Gasteiger partial charge in [0.2, 0.25) is 10.0 Å². The fourth-order valence-electron chi connectivity index (χ4n) is 2.71. The van der Waals surface area contributed by atoms with E-state index in [2.05, 4.69) is 26.0 Å². The lowest BCUT2D eigenvalue weighted by atomic mass is 10.1. The SMILES string of the molecule is Cc1cccc(C)c1NC(=O)COC(=O)c1cc(S(=O)(=O)NC2CC2)ccc1Br. The van der Waals surface area contributed by atoms with Gasteiger partial charge >= 0.3 is 5.97 Å². The summed E-state index contributed by atoms with van der Waals surface area (Å²) in [5.41, 5.74) is 2.50. The first-order valence-electron chi connectivity index (χ1n) is 9.02. The molecule has 0 aliphatic heterocycles. The average Bonchev–Trinajstić information content (AvgIpc) is 3.46. The minimum absolute atomic E-state index is 0.0282. The Morgan fingerprint density at radius 2 is 1.79 bits per heavy atom. The molecule has 2 aromatic rings. The van der Waals surface area contributed by atoms with Crippen molar-refractivity contribution in [3.8, 4) is 0 Å². The van der Waals surface area contributed by atoms with Crippen LogP contribution in [0.4, 0.5) is 5.69 Å². The van der Waals surface area contributed by atoms with Crippen molar-refractivity contribution in [2.24, 2.45) is 0 Å². The van der Waals surface area contributed by atoms with Gasteiger partial charge in [0.05, 0.1) is 10.5 Å². The van der Waals surface area contributed by atoms with E-state index in [1.54, 1.807) is 0 Å². The molecule has 0 bridgehead atoms. The Morgan fingerprint density at radius 3 is 2.41 bits per heavy atom. The highest BCUT2D eigenvalue weighted by atomic mass is 79.9. The Balaban J connectivity index is 1.67. The van der Waals surface area contributed by atoms with Crippen LogP contribution in [0.2, 0.25) is 0 Å². The number of esters is 1. The normalized spacial score (nSPS) is 13.8. The fraction of sp³-hybridized carbons (Fsp3) is 0.300. The number of benzene rings is 2. The fourth-order valence-corrected chi connectivity index (χ4v) is 4.45. The van der Waals surface area contributed by atoms with Gasteiger partial charge in [0, 0.05) is 16.2 Å². The molecule has 2 N–H and O–H groups in total. The summed E-state index contributed by atoms with van der Waals surface area (Å²) in [6.07, 6.45) is 1.61. The number of ether oxygens (including phenoxy) is 1. The monoisotopic (exact) mass is 480 g/mol. The van der Waals surface area contributed by atoms with Crippen molar-refractivity contribution < 1.29 is 22.7 Å². The number of hydrogen-bond donors (Lipinski definition) is 2. The van der Waals surface area contributed by atoms with E-state index in [9.17, 15) is 18.0 Å². The van der Waals surface area contributed by atoms with E-state index < -0.39 is 28.5 Å². The molecule has 2 aromatic carbocycles. The first-order valence-corrected chi connectivity index (χ1v) is 11.3. The van der Waals surface area contributed by atoms with Gasteiger partial charge in [-0.3, -0.25) is 4.79 Å². The third-order valence-corrected chi connectivity index (χ3v) is 6.66. The molecule has 1 fully saturated rings. The van der Waals surface area contributed by atoms with Crippen molar-refractivity contribution in [2.75, 3.05) is 11.9 Å². The summed E-state index contributed by atoms with van der Waals surface area (Å²) in [5.74, 6) is -1.27. The first kappa shape index (κ1) is 21.5. The molecular weight excluding hydrogens is 460 g/mol. The van der Waals surface area contributed by atoms with Gasteiger partial charge in [0.15, 0.2) is 6.61 Å². The third-order valence-electron chi connectivity index (χ3n) is 4.45. The number of sulfonamides is 1. The van der Waals surface area contributed by atoms with Crippen LogP contribution in [0.5, 0.6) is 0 Å². The van der Waals surface area contributed by atoms with Crippen LogP contribution in [-0.2, 0) is 19.6 Å².